The van der Waals surface area contributed by atoms with Gasteiger partial charge in [-0.05, 0) is 29.8 Å². The van der Waals surface area contributed by atoms with Crippen LogP contribution in [0.1, 0.15) is 43.7 Å². The summed E-state index contributed by atoms with van der Waals surface area (Å²) >= 11 is 5.93. The summed E-state index contributed by atoms with van der Waals surface area (Å²) in [4.78, 5) is 38.2. The molecule has 1 saturated heterocycles. The maximum absolute atomic E-state index is 13.2. The van der Waals surface area contributed by atoms with Gasteiger partial charge in [-0.15, -0.1) is 0 Å². The average Bonchev–Trinajstić information content (AvgIpc) is 3.37. The molecule has 1 N–H and O–H groups in total. The van der Waals surface area contributed by atoms with Gasteiger partial charge in [0.2, 0.25) is 0 Å². The van der Waals surface area contributed by atoms with Crippen LogP contribution in [0.4, 0.5) is 11.5 Å². The number of aliphatic hydroxyl groups is 1. The maximum atomic E-state index is 13.2. The van der Waals surface area contributed by atoms with Crippen molar-refractivity contribution in [1.29, 1.82) is 0 Å². The summed E-state index contributed by atoms with van der Waals surface area (Å²) in [6.45, 7) is 5.68. The minimum Gasteiger partial charge on any atom is -0.507 e. The van der Waals surface area contributed by atoms with Gasteiger partial charge in [-0.1, -0.05) is 49.7 Å². The van der Waals surface area contributed by atoms with Gasteiger partial charge >= 0.3 is 5.91 Å². The summed E-state index contributed by atoms with van der Waals surface area (Å²) in [5, 5.41) is 26.9. The van der Waals surface area contributed by atoms with Crippen molar-refractivity contribution in [2.24, 2.45) is 0 Å². The zero-order chi connectivity index (χ0) is 24.8. The summed E-state index contributed by atoms with van der Waals surface area (Å²) in [7, 11) is 0. The highest BCUT2D eigenvalue weighted by Crippen LogP contribution is 2.43. The van der Waals surface area contributed by atoms with Gasteiger partial charge in [0.05, 0.1) is 16.5 Å². The third-order valence-corrected chi connectivity index (χ3v) is 5.69. The fraction of sp³-hybridized carbons (Fsp3) is 0.208. The van der Waals surface area contributed by atoms with Gasteiger partial charge in [0.25, 0.3) is 11.5 Å². The highest BCUT2D eigenvalue weighted by molar-refractivity contribution is 6.51. The van der Waals surface area contributed by atoms with Crippen LogP contribution in [-0.4, -0.2) is 26.9 Å². The molecule has 0 saturated carbocycles. The van der Waals surface area contributed by atoms with Crippen molar-refractivity contribution >= 4 is 40.6 Å². The summed E-state index contributed by atoms with van der Waals surface area (Å²) in [5.74, 6) is -1.81. The Morgan fingerprint density at radius 3 is 2.41 bits per heavy atom. The molecule has 4 rings (SSSR count). The number of nitro benzene ring substituents is 1. The largest absolute Gasteiger partial charge is 0.507 e. The predicted octanol–water partition coefficient (Wildman–Crippen LogP) is 5.16. The van der Waals surface area contributed by atoms with Gasteiger partial charge in [-0.3, -0.25) is 24.6 Å². The topological polar surface area (TPSA) is 127 Å². The van der Waals surface area contributed by atoms with Crippen LogP contribution in [0.5, 0.6) is 0 Å². The number of anilines is 1. The number of carbonyl (C=O) groups is 2. The number of rotatable bonds is 4. The molecule has 3 aromatic rings. The third kappa shape index (κ3) is 4.06. The minimum atomic E-state index is -1.17. The van der Waals surface area contributed by atoms with Crippen LogP contribution in [0.15, 0.2) is 64.7 Å². The molecule has 1 atom stereocenters. The minimum absolute atomic E-state index is 0.0543. The van der Waals surface area contributed by atoms with Crippen molar-refractivity contribution < 1.29 is 24.1 Å². The van der Waals surface area contributed by atoms with E-state index in [1.165, 1.54) is 54.6 Å². The Bertz CT molecular complexity index is 1340. The molecule has 174 valence electrons. The monoisotopic (exact) mass is 481 g/mol. The molecule has 9 nitrogen and oxygen atoms in total. The fourth-order valence-corrected chi connectivity index (χ4v) is 3.81. The number of carbonyl (C=O) groups excluding carboxylic acids is 2. The first kappa shape index (κ1) is 23.2. The smallest absolute Gasteiger partial charge is 0.301 e. The SMILES string of the molecule is CC(C)(C)c1cc(N2C(=O)C(=O)C(=C(O)c3ccc(Cl)cc3)C2c2cccc([N+](=O)[O-])c2)no1. The number of nitrogens with zero attached hydrogens (tertiary/aromatic N) is 3. The van der Waals surface area contributed by atoms with E-state index in [0.717, 1.165) is 4.90 Å². The van der Waals surface area contributed by atoms with E-state index >= 15 is 0 Å². The first-order valence-corrected chi connectivity index (χ1v) is 10.7. The Morgan fingerprint density at radius 1 is 1.15 bits per heavy atom. The lowest BCUT2D eigenvalue weighted by molar-refractivity contribution is -0.384. The highest BCUT2D eigenvalue weighted by Gasteiger charge is 2.48. The number of aliphatic hydroxyl groups excluding tert-OH is 1. The van der Waals surface area contributed by atoms with Crippen molar-refractivity contribution in [3.05, 3.63) is 92.2 Å². The summed E-state index contributed by atoms with van der Waals surface area (Å²) in [5.41, 5.74) is -0.376. The molecule has 1 aromatic heterocycles. The lowest BCUT2D eigenvalue weighted by Gasteiger charge is -2.22. The number of nitro groups is 1. The molecular weight excluding hydrogens is 462 g/mol. The van der Waals surface area contributed by atoms with E-state index in [-0.39, 0.29) is 28.2 Å². The maximum Gasteiger partial charge on any atom is 0.301 e. The number of halogens is 1. The van der Waals surface area contributed by atoms with Crippen molar-refractivity contribution in [3.63, 3.8) is 0 Å². The lowest BCUT2D eigenvalue weighted by atomic mass is 9.93. The molecule has 0 radical (unpaired) electrons. The van der Waals surface area contributed by atoms with Crippen LogP contribution in [-0.2, 0) is 15.0 Å². The van der Waals surface area contributed by atoms with Gasteiger partial charge in [0, 0.05) is 34.2 Å². The molecule has 1 unspecified atom stereocenters. The number of Topliss-reactive ketones (excluding diaryl/α,β-unsaturated/α-hetero) is 1. The summed E-state index contributed by atoms with van der Waals surface area (Å²) in [6.07, 6.45) is 0. The molecule has 10 heteroatoms. The number of non-ortho nitro benzene ring substituents is 1. The second-order valence-corrected chi connectivity index (χ2v) is 9.26. The molecule has 1 amide bonds. The number of hydrogen-bond donors (Lipinski definition) is 1. The molecule has 34 heavy (non-hydrogen) atoms. The Hall–Kier alpha value is -3.98. The molecule has 0 bridgehead atoms. The zero-order valence-electron chi connectivity index (χ0n) is 18.5. The quantitative estimate of drug-likeness (QED) is 0.179. The molecular formula is C24H20ClN3O6. The molecule has 2 heterocycles. The standard InChI is InChI=1S/C24H20ClN3O6/c1-24(2,3)17-12-18(26-34-17)27-20(14-5-4-6-16(11-14)28(32)33)19(22(30)23(27)31)21(29)13-7-9-15(25)10-8-13/h4-12,20,29H,1-3H3. The van der Waals surface area contributed by atoms with Crippen molar-refractivity contribution in [3.8, 4) is 0 Å². The number of ketones is 1. The third-order valence-electron chi connectivity index (χ3n) is 5.44. The number of amides is 1. The molecule has 1 aliphatic heterocycles. The van der Waals surface area contributed by atoms with E-state index in [0.29, 0.717) is 10.8 Å². The zero-order valence-corrected chi connectivity index (χ0v) is 19.2. The molecule has 1 fully saturated rings. The van der Waals surface area contributed by atoms with Crippen molar-refractivity contribution in [2.75, 3.05) is 4.90 Å². The second-order valence-electron chi connectivity index (χ2n) is 8.83. The van der Waals surface area contributed by atoms with Crippen molar-refractivity contribution in [1.82, 2.24) is 5.16 Å². The normalized spacial score (nSPS) is 17.9. The van der Waals surface area contributed by atoms with E-state index in [1.54, 1.807) is 0 Å². The van der Waals surface area contributed by atoms with Gasteiger partial charge in [-0.2, -0.15) is 0 Å². The van der Waals surface area contributed by atoms with Crippen LogP contribution >= 0.6 is 11.6 Å². The van der Waals surface area contributed by atoms with Crippen LogP contribution in [0.25, 0.3) is 5.76 Å². The summed E-state index contributed by atoms with van der Waals surface area (Å²) < 4.78 is 5.41. The Labute approximate surface area is 199 Å². The Morgan fingerprint density at radius 2 is 1.82 bits per heavy atom. The number of hydrogen-bond acceptors (Lipinski definition) is 7. The van der Waals surface area contributed by atoms with Crippen molar-refractivity contribution in [2.45, 2.75) is 32.2 Å². The van der Waals surface area contributed by atoms with Crippen LogP contribution < -0.4 is 4.90 Å². The molecule has 1 aliphatic rings. The van der Waals surface area contributed by atoms with Gasteiger partial charge in [-0.25, -0.2) is 0 Å². The van der Waals surface area contributed by atoms with E-state index in [4.69, 9.17) is 16.1 Å². The van der Waals surface area contributed by atoms with E-state index < -0.39 is 33.8 Å². The first-order valence-electron chi connectivity index (χ1n) is 10.3. The van der Waals surface area contributed by atoms with Crippen LogP contribution in [0.3, 0.4) is 0 Å². The Balaban J connectivity index is 1.95. The molecule has 2 aromatic carbocycles. The lowest BCUT2D eigenvalue weighted by Crippen LogP contribution is -2.29. The van der Waals surface area contributed by atoms with Gasteiger partial charge < -0.3 is 9.63 Å². The molecule has 0 spiro atoms. The number of benzene rings is 2. The molecule has 0 aliphatic carbocycles. The Kier molecular flexibility index (Phi) is 5.74. The fourth-order valence-electron chi connectivity index (χ4n) is 3.69. The highest BCUT2D eigenvalue weighted by atomic mass is 35.5. The van der Waals surface area contributed by atoms with E-state index in [9.17, 15) is 24.8 Å². The summed E-state index contributed by atoms with van der Waals surface area (Å²) in [6, 6.07) is 12.0. The van der Waals surface area contributed by atoms with Crippen LogP contribution in [0, 0.1) is 10.1 Å². The van der Waals surface area contributed by atoms with Gasteiger partial charge in [0.1, 0.15) is 11.5 Å². The first-order chi connectivity index (χ1) is 16.0. The van der Waals surface area contributed by atoms with Gasteiger partial charge in [0.15, 0.2) is 5.82 Å². The predicted molar refractivity (Wildman–Crippen MR) is 125 cm³/mol. The van der Waals surface area contributed by atoms with E-state index in [1.807, 2.05) is 20.8 Å². The second kappa shape index (κ2) is 8.42. The van der Waals surface area contributed by atoms with E-state index in [2.05, 4.69) is 5.16 Å². The number of aromatic nitrogens is 1. The average molecular weight is 482 g/mol. The van der Waals surface area contributed by atoms with Crippen LogP contribution in [0.2, 0.25) is 5.02 Å².